The highest BCUT2D eigenvalue weighted by Gasteiger charge is 2.29. The monoisotopic (exact) mass is 261 g/mol. The summed E-state index contributed by atoms with van der Waals surface area (Å²) < 4.78 is 0. The van der Waals surface area contributed by atoms with Crippen molar-refractivity contribution in [2.75, 3.05) is 13.6 Å². The van der Waals surface area contributed by atoms with Gasteiger partial charge in [0.1, 0.15) is 0 Å². The normalized spacial score (nSPS) is 23.1. The number of carbonyl (C=O) groups is 1. The molecule has 2 heterocycles. The zero-order valence-electron chi connectivity index (χ0n) is 12.0. The average Bonchev–Trinajstić information content (AvgIpc) is 2.38. The molecule has 4 nitrogen and oxygen atoms in total. The van der Waals surface area contributed by atoms with Crippen LogP contribution in [-0.2, 0) is 11.3 Å². The lowest BCUT2D eigenvalue weighted by Gasteiger charge is -2.32. The third kappa shape index (κ3) is 3.53. The molecule has 0 aliphatic carbocycles. The lowest BCUT2D eigenvalue weighted by Crippen LogP contribution is -2.51. The fourth-order valence-corrected chi connectivity index (χ4v) is 2.63. The molecular formula is C15H23N3O. The van der Waals surface area contributed by atoms with E-state index in [0.717, 1.165) is 30.8 Å². The second-order valence-corrected chi connectivity index (χ2v) is 5.52. The maximum Gasteiger partial charge on any atom is 0.240 e. The largest absolute Gasteiger partial charge is 0.338 e. The second kappa shape index (κ2) is 6.15. The van der Waals surface area contributed by atoms with Crippen molar-refractivity contribution >= 4 is 5.91 Å². The van der Waals surface area contributed by atoms with Crippen molar-refractivity contribution in [3.8, 4) is 0 Å². The number of hydrogen-bond acceptors (Lipinski definition) is 3. The van der Waals surface area contributed by atoms with E-state index in [-0.39, 0.29) is 11.9 Å². The summed E-state index contributed by atoms with van der Waals surface area (Å²) in [6.45, 7) is 5.63. The summed E-state index contributed by atoms with van der Waals surface area (Å²) in [6.07, 6.45) is 2.29. The lowest BCUT2D eigenvalue weighted by atomic mass is 9.92. The molecule has 1 fully saturated rings. The number of pyridine rings is 1. The molecule has 1 N–H and O–H groups in total. The second-order valence-electron chi connectivity index (χ2n) is 5.52. The van der Waals surface area contributed by atoms with Gasteiger partial charge in [0.25, 0.3) is 0 Å². The SMILES string of the molecule is Cc1cccc(CN(C)C(=O)C2NCCCC2C)n1. The number of rotatable bonds is 3. The standard InChI is InChI=1S/C15H23N3O/c1-11-6-5-9-16-14(11)15(19)18(3)10-13-8-4-7-12(2)17-13/h4,7-8,11,14,16H,5-6,9-10H2,1-3H3. The maximum atomic E-state index is 12.4. The van der Waals surface area contributed by atoms with Gasteiger partial charge in [0.05, 0.1) is 18.3 Å². The summed E-state index contributed by atoms with van der Waals surface area (Å²) in [5, 5.41) is 3.34. The van der Waals surface area contributed by atoms with E-state index in [9.17, 15) is 4.79 Å². The number of nitrogens with zero attached hydrogens (tertiary/aromatic N) is 2. The summed E-state index contributed by atoms with van der Waals surface area (Å²) in [6, 6.07) is 5.88. The number of aromatic nitrogens is 1. The molecule has 104 valence electrons. The van der Waals surface area contributed by atoms with Gasteiger partial charge in [-0.15, -0.1) is 0 Å². The first-order chi connectivity index (χ1) is 9.08. The summed E-state index contributed by atoms with van der Waals surface area (Å²) >= 11 is 0. The molecule has 0 spiro atoms. The van der Waals surface area contributed by atoms with Crippen molar-refractivity contribution in [2.45, 2.75) is 39.3 Å². The molecule has 1 aliphatic rings. The Morgan fingerprint density at radius 1 is 1.53 bits per heavy atom. The molecule has 0 aromatic carbocycles. The predicted octanol–water partition coefficient (Wildman–Crippen LogP) is 1.74. The number of aryl methyl sites for hydroxylation is 1. The highest BCUT2D eigenvalue weighted by molar-refractivity contribution is 5.82. The number of nitrogens with one attached hydrogen (secondary N) is 1. The molecule has 1 aromatic heterocycles. The van der Waals surface area contributed by atoms with Gasteiger partial charge in [0, 0.05) is 12.7 Å². The van der Waals surface area contributed by atoms with Gasteiger partial charge in [-0.05, 0) is 44.4 Å². The van der Waals surface area contributed by atoms with Crippen molar-refractivity contribution < 1.29 is 4.79 Å². The molecule has 1 aliphatic heterocycles. The molecule has 4 heteroatoms. The van der Waals surface area contributed by atoms with E-state index in [1.54, 1.807) is 4.90 Å². The van der Waals surface area contributed by atoms with Crippen LogP contribution in [0, 0.1) is 12.8 Å². The topological polar surface area (TPSA) is 45.2 Å². The first-order valence-electron chi connectivity index (χ1n) is 6.99. The molecule has 2 atom stereocenters. The van der Waals surface area contributed by atoms with Crippen LogP contribution in [0.4, 0.5) is 0 Å². The molecule has 1 saturated heterocycles. The quantitative estimate of drug-likeness (QED) is 0.901. The summed E-state index contributed by atoms with van der Waals surface area (Å²) in [5.74, 6) is 0.588. The Bertz CT molecular complexity index is 447. The number of carbonyl (C=O) groups excluding carboxylic acids is 1. The number of likely N-dealkylation sites (N-methyl/N-ethyl adjacent to an activating group) is 1. The molecule has 1 aromatic rings. The van der Waals surface area contributed by atoms with E-state index in [1.165, 1.54) is 0 Å². The molecule has 19 heavy (non-hydrogen) atoms. The van der Waals surface area contributed by atoms with E-state index < -0.39 is 0 Å². The molecule has 1 amide bonds. The van der Waals surface area contributed by atoms with E-state index in [4.69, 9.17) is 0 Å². The first-order valence-corrected chi connectivity index (χ1v) is 6.99. The van der Waals surface area contributed by atoms with Gasteiger partial charge < -0.3 is 10.2 Å². The van der Waals surface area contributed by atoms with Crippen LogP contribution in [0.25, 0.3) is 0 Å². The van der Waals surface area contributed by atoms with Gasteiger partial charge in [-0.3, -0.25) is 9.78 Å². The zero-order chi connectivity index (χ0) is 13.8. The first kappa shape index (κ1) is 14.0. The highest BCUT2D eigenvalue weighted by atomic mass is 16.2. The molecular weight excluding hydrogens is 238 g/mol. The van der Waals surface area contributed by atoms with Gasteiger partial charge >= 0.3 is 0 Å². The van der Waals surface area contributed by atoms with Crippen molar-refractivity contribution in [2.24, 2.45) is 5.92 Å². The fourth-order valence-electron chi connectivity index (χ4n) is 2.63. The minimum absolute atomic E-state index is 0.0384. The van der Waals surface area contributed by atoms with E-state index >= 15 is 0 Å². The van der Waals surface area contributed by atoms with Crippen LogP contribution in [0.1, 0.15) is 31.2 Å². The summed E-state index contributed by atoms with van der Waals surface area (Å²) in [7, 11) is 1.86. The Hall–Kier alpha value is -1.42. The van der Waals surface area contributed by atoms with Gasteiger partial charge in [-0.2, -0.15) is 0 Å². The van der Waals surface area contributed by atoms with Crippen LogP contribution < -0.4 is 5.32 Å². The summed E-state index contributed by atoms with van der Waals surface area (Å²) in [5.41, 5.74) is 1.93. The van der Waals surface area contributed by atoms with Crippen LogP contribution in [0.15, 0.2) is 18.2 Å². The van der Waals surface area contributed by atoms with E-state index in [1.807, 2.05) is 32.2 Å². The van der Waals surface area contributed by atoms with Crippen LogP contribution in [0.2, 0.25) is 0 Å². The molecule has 0 radical (unpaired) electrons. The number of hydrogen-bond donors (Lipinski definition) is 1. The minimum atomic E-state index is -0.0384. The van der Waals surface area contributed by atoms with Crippen molar-refractivity contribution in [1.82, 2.24) is 15.2 Å². The zero-order valence-corrected chi connectivity index (χ0v) is 12.0. The molecule has 0 bridgehead atoms. The van der Waals surface area contributed by atoms with Gasteiger partial charge in [0.15, 0.2) is 0 Å². The van der Waals surface area contributed by atoms with Crippen molar-refractivity contribution in [3.05, 3.63) is 29.6 Å². The Kier molecular flexibility index (Phi) is 4.53. The average molecular weight is 261 g/mol. The van der Waals surface area contributed by atoms with Gasteiger partial charge in [-0.1, -0.05) is 13.0 Å². The number of amides is 1. The number of piperidine rings is 1. The predicted molar refractivity (Wildman–Crippen MR) is 75.6 cm³/mol. The van der Waals surface area contributed by atoms with Crippen LogP contribution in [-0.4, -0.2) is 35.4 Å². The minimum Gasteiger partial charge on any atom is -0.338 e. The van der Waals surface area contributed by atoms with Crippen LogP contribution in [0.5, 0.6) is 0 Å². The Balaban J connectivity index is 1.99. The molecule has 2 unspecified atom stereocenters. The summed E-state index contributed by atoms with van der Waals surface area (Å²) in [4.78, 5) is 18.7. The van der Waals surface area contributed by atoms with Crippen LogP contribution >= 0.6 is 0 Å². The Labute approximate surface area is 115 Å². The van der Waals surface area contributed by atoms with Gasteiger partial charge in [0.2, 0.25) is 5.91 Å². The van der Waals surface area contributed by atoms with E-state index in [2.05, 4.69) is 17.2 Å². The van der Waals surface area contributed by atoms with Crippen molar-refractivity contribution in [1.29, 1.82) is 0 Å². The van der Waals surface area contributed by atoms with Crippen molar-refractivity contribution in [3.63, 3.8) is 0 Å². The van der Waals surface area contributed by atoms with Crippen LogP contribution in [0.3, 0.4) is 0 Å². The lowest BCUT2D eigenvalue weighted by molar-refractivity contribution is -0.134. The third-order valence-electron chi connectivity index (χ3n) is 3.76. The maximum absolute atomic E-state index is 12.4. The third-order valence-corrected chi connectivity index (χ3v) is 3.76. The Morgan fingerprint density at radius 2 is 2.32 bits per heavy atom. The highest BCUT2D eigenvalue weighted by Crippen LogP contribution is 2.17. The molecule has 0 saturated carbocycles. The molecule has 2 rings (SSSR count). The van der Waals surface area contributed by atoms with E-state index in [0.29, 0.717) is 12.5 Å². The fraction of sp³-hybridized carbons (Fsp3) is 0.600. The Morgan fingerprint density at radius 3 is 3.00 bits per heavy atom. The smallest absolute Gasteiger partial charge is 0.240 e. The van der Waals surface area contributed by atoms with Gasteiger partial charge in [-0.25, -0.2) is 0 Å².